The second-order valence-corrected chi connectivity index (χ2v) is 7.85. The fraction of sp³-hybridized carbons (Fsp3) is 0.348. The Morgan fingerprint density at radius 2 is 2.07 bits per heavy atom. The van der Waals surface area contributed by atoms with Crippen molar-refractivity contribution in [2.24, 2.45) is 0 Å². The van der Waals surface area contributed by atoms with Crippen molar-refractivity contribution in [2.75, 3.05) is 30.4 Å². The molecule has 0 spiro atoms. The second kappa shape index (κ2) is 8.28. The Balaban J connectivity index is 1.33. The number of pyridine rings is 1. The molecular weight excluding hydrogens is 378 g/mol. The summed E-state index contributed by atoms with van der Waals surface area (Å²) in [6.07, 6.45) is 6.53. The summed E-state index contributed by atoms with van der Waals surface area (Å²) >= 11 is 0. The zero-order valence-electron chi connectivity index (χ0n) is 16.8. The fourth-order valence-corrected chi connectivity index (χ4v) is 4.04. The van der Waals surface area contributed by atoms with E-state index < -0.39 is 0 Å². The molecule has 7 nitrogen and oxygen atoms in total. The van der Waals surface area contributed by atoms with Crippen molar-refractivity contribution >= 4 is 11.6 Å². The van der Waals surface area contributed by atoms with Crippen molar-refractivity contribution in [3.8, 4) is 11.3 Å². The van der Waals surface area contributed by atoms with Gasteiger partial charge < -0.3 is 19.9 Å². The highest BCUT2D eigenvalue weighted by Gasteiger charge is 2.15. The van der Waals surface area contributed by atoms with Gasteiger partial charge >= 0.3 is 0 Å². The van der Waals surface area contributed by atoms with E-state index in [9.17, 15) is 4.79 Å². The minimum absolute atomic E-state index is 0.0430. The number of hydrogen-bond donors (Lipinski definition) is 2. The van der Waals surface area contributed by atoms with Gasteiger partial charge in [-0.25, -0.2) is 9.97 Å². The first kappa shape index (κ1) is 18.8. The molecule has 154 valence electrons. The fourth-order valence-electron chi connectivity index (χ4n) is 4.04. The van der Waals surface area contributed by atoms with Crippen LogP contribution in [0, 0.1) is 0 Å². The maximum atomic E-state index is 12.7. The number of nitrogens with one attached hydrogen (secondary N) is 2. The third kappa shape index (κ3) is 4.07. The molecule has 0 aliphatic carbocycles. The van der Waals surface area contributed by atoms with Crippen LogP contribution < -0.4 is 16.2 Å². The quantitative estimate of drug-likeness (QED) is 0.682. The van der Waals surface area contributed by atoms with Crippen LogP contribution in [0.15, 0.2) is 53.6 Å². The molecule has 0 unspecified atom stereocenters. The zero-order valence-corrected chi connectivity index (χ0v) is 16.8. The topological polar surface area (TPSA) is 81.1 Å². The van der Waals surface area contributed by atoms with Crippen molar-refractivity contribution in [3.63, 3.8) is 0 Å². The maximum absolute atomic E-state index is 12.7. The second-order valence-electron chi connectivity index (χ2n) is 7.85. The normalized spacial score (nSPS) is 16.1. The molecule has 1 saturated heterocycles. The van der Waals surface area contributed by atoms with Gasteiger partial charge in [0.15, 0.2) is 0 Å². The third-order valence-electron chi connectivity index (χ3n) is 5.74. The molecule has 1 fully saturated rings. The third-order valence-corrected chi connectivity index (χ3v) is 5.74. The number of rotatable bonds is 5. The molecule has 2 aliphatic rings. The van der Waals surface area contributed by atoms with Gasteiger partial charge in [-0.15, -0.1) is 0 Å². The van der Waals surface area contributed by atoms with E-state index in [2.05, 4.69) is 38.8 Å². The van der Waals surface area contributed by atoms with Gasteiger partial charge in [-0.2, -0.15) is 0 Å². The van der Waals surface area contributed by atoms with Crippen molar-refractivity contribution in [1.29, 1.82) is 0 Å². The van der Waals surface area contributed by atoms with Crippen molar-refractivity contribution in [3.05, 3.63) is 70.3 Å². The number of fused-ring (bicyclic) bond motifs is 1. The molecule has 3 aromatic rings. The summed E-state index contributed by atoms with van der Waals surface area (Å²) in [6.45, 7) is 3.05. The summed E-state index contributed by atoms with van der Waals surface area (Å²) in [5.74, 6) is 0.592. The highest BCUT2D eigenvalue weighted by atomic mass is 16.5. The van der Waals surface area contributed by atoms with Crippen molar-refractivity contribution < 1.29 is 4.74 Å². The van der Waals surface area contributed by atoms with Crippen molar-refractivity contribution in [1.82, 2.24) is 14.5 Å². The monoisotopic (exact) mass is 403 g/mol. The maximum Gasteiger partial charge on any atom is 0.251 e. The highest BCUT2D eigenvalue weighted by Crippen LogP contribution is 2.23. The number of anilines is 2. The van der Waals surface area contributed by atoms with Gasteiger partial charge in [-0.1, -0.05) is 12.1 Å². The molecule has 7 heteroatoms. The lowest BCUT2D eigenvalue weighted by Crippen LogP contribution is -2.28. The van der Waals surface area contributed by atoms with E-state index in [-0.39, 0.29) is 5.56 Å². The Morgan fingerprint density at radius 3 is 2.93 bits per heavy atom. The molecule has 5 rings (SSSR count). The summed E-state index contributed by atoms with van der Waals surface area (Å²) in [5.41, 5.74) is 5.13. The first-order chi connectivity index (χ1) is 14.7. The summed E-state index contributed by atoms with van der Waals surface area (Å²) in [7, 11) is 0. The average molecular weight is 403 g/mol. The van der Waals surface area contributed by atoms with E-state index in [0.717, 1.165) is 55.8 Å². The molecule has 2 aliphatic heterocycles. The minimum Gasteiger partial charge on any atom is -0.384 e. The molecule has 2 aromatic heterocycles. The Kier molecular flexibility index (Phi) is 5.19. The molecule has 0 bridgehead atoms. The minimum atomic E-state index is -0.0430. The van der Waals surface area contributed by atoms with Crippen LogP contribution in [0.25, 0.3) is 11.3 Å². The van der Waals surface area contributed by atoms with E-state index in [1.54, 1.807) is 16.8 Å². The summed E-state index contributed by atoms with van der Waals surface area (Å²) in [5, 5.41) is 6.77. The first-order valence-corrected chi connectivity index (χ1v) is 10.5. The van der Waals surface area contributed by atoms with Gasteiger partial charge in [0.1, 0.15) is 0 Å². The van der Waals surface area contributed by atoms with Gasteiger partial charge in [0.2, 0.25) is 5.95 Å². The van der Waals surface area contributed by atoms with E-state index in [0.29, 0.717) is 18.5 Å². The molecule has 0 saturated carbocycles. The van der Waals surface area contributed by atoms with Crippen LogP contribution in [0.1, 0.15) is 24.0 Å². The van der Waals surface area contributed by atoms with Gasteiger partial charge in [0.25, 0.3) is 5.56 Å². The zero-order chi connectivity index (χ0) is 20.3. The number of benzene rings is 1. The van der Waals surface area contributed by atoms with Crippen LogP contribution in [0.5, 0.6) is 0 Å². The summed E-state index contributed by atoms with van der Waals surface area (Å²) < 4.78 is 7.12. The predicted molar refractivity (Wildman–Crippen MR) is 117 cm³/mol. The van der Waals surface area contributed by atoms with Crippen LogP contribution in [-0.2, 0) is 17.7 Å². The molecule has 1 aromatic carbocycles. The Morgan fingerprint density at radius 1 is 1.17 bits per heavy atom. The molecular formula is C23H25N5O2. The van der Waals surface area contributed by atoms with E-state index in [1.807, 2.05) is 18.3 Å². The van der Waals surface area contributed by atoms with Crippen LogP contribution in [0.4, 0.5) is 11.6 Å². The average Bonchev–Trinajstić information content (AvgIpc) is 3.24. The lowest BCUT2D eigenvalue weighted by molar-refractivity contribution is 0.0903. The van der Waals surface area contributed by atoms with Gasteiger partial charge in [0.05, 0.1) is 12.2 Å². The number of nitrogens with zero attached hydrogens (tertiary/aromatic N) is 3. The predicted octanol–water partition coefficient (Wildman–Crippen LogP) is 2.91. The first-order valence-electron chi connectivity index (χ1n) is 10.5. The van der Waals surface area contributed by atoms with E-state index in [4.69, 9.17) is 4.74 Å². The van der Waals surface area contributed by atoms with Gasteiger partial charge in [-0.3, -0.25) is 4.79 Å². The van der Waals surface area contributed by atoms with Gasteiger partial charge in [0, 0.05) is 55.5 Å². The van der Waals surface area contributed by atoms with Crippen LogP contribution in [-0.4, -0.2) is 40.3 Å². The summed E-state index contributed by atoms with van der Waals surface area (Å²) in [6, 6.07) is 12.1. The molecule has 4 heterocycles. The number of ether oxygens (including phenoxy) is 1. The van der Waals surface area contributed by atoms with E-state index in [1.165, 1.54) is 11.3 Å². The van der Waals surface area contributed by atoms with Crippen LogP contribution in [0.3, 0.4) is 0 Å². The molecule has 0 atom stereocenters. The molecule has 0 radical (unpaired) electrons. The van der Waals surface area contributed by atoms with Gasteiger partial charge in [-0.05, 0) is 48.6 Å². The molecule has 0 amide bonds. The SMILES string of the molecule is O=c1cc(-c2ccnc(NC3CCOCC3)n2)ccn1Cc1ccc2c(c1)NCC2. The van der Waals surface area contributed by atoms with E-state index >= 15 is 0 Å². The van der Waals surface area contributed by atoms with Crippen LogP contribution in [0.2, 0.25) is 0 Å². The Bertz CT molecular complexity index is 1100. The highest BCUT2D eigenvalue weighted by molar-refractivity contribution is 5.59. The standard InChI is InChI=1S/C23H25N5O2/c29-22-14-18(20-4-9-25-23(27-20)26-19-6-11-30-12-7-19)5-10-28(22)15-16-1-2-17-3-8-24-21(17)13-16/h1-2,4-5,9-10,13-14,19,24H,3,6-8,11-12,15H2,(H,25,26,27). The summed E-state index contributed by atoms with van der Waals surface area (Å²) in [4.78, 5) is 21.7. The molecule has 2 N–H and O–H groups in total. The van der Waals surface area contributed by atoms with Crippen LogP contribution >= 0.6 is 0 Å². The smallest absolute Gasteiger partial charge is 0.251 e. The number of hydrogen-bond acceptors (Lipinski definition) is 6. The Labute approximate surface area is 175 Å². The lowest BCUT2D eigenvalue weighted by Gasteiger charge is -2.23. The molecule has 30 heavy (non-hydrogen) atoms. The number of aromatic nitrogens is 3. The van der Waals surface area contributed by atoms with Crippen molar-refractivity contribution in [2.45, 2.75) is 31.8 Å². The Hall–Kier alpha value is -3.19. The largest absolute Gasteiger partial charge is 0.384 e. The lowest BCUT2D eigenvalue weighted by atomic mass is 10.1.